The van der Waals surface area contributed by atoms with E-state index in [4.69, 9.17) is 0 Å². The van der Waals surface area contributed by atoms with Gasteiger partial charge in [-0.15, -0.1) is 0 Å². The zero-order chi connectivity index (χ0) is 5.98. The second kappa shape index (κ2) is 2.68. The molecular weight excluding hydrogens is 161 g/mol. The first kappa shape index (κ1) is 6.35. The normalized spacial score (nSPS) is 9.38. The molecule has 0 saturated carbocycles. The predicted octanol–water partition coefficient (Wildman–Crippen LogP) is 0.638. The summed E-state index contributed by atoms with van der Waals surface area (Å²) >= 11 is 5.31. The second-order valence-electron chi connectivity index (χ2n) is 1.68. The predicted molar refractivity (Wildman–Crippen MR) is 37.3 cm³/mol. The number of hydrogen-bond donors (Lipinski definition) is 0. The van der Waals surface area contributed by atoms with Gasteiger partial charge in [-0.3, -0.25) is 0 Å². The fourth-order valence-corrected chi connectivity index (χ4v) is 0.997. The summed E-state index contributed by atoms with van der Waals surface area (Å²) in [7, 11) is 0. The van der Waals surface area contributed by atoms with Crippen molar-refractivity contribution in [2.24, 2.45) is 0 Å². The molecule has 1 rings (SSSR count). The number of nitrogens with zero attached hydrogens (tertiary/aromatic N) is 1. The third-order valence-electron chi connectivity index (χ3n) is 0.842. The molecule has 0 fully saturated rings. The molecule has 1 heterocycles. The van der Waals surface area contributed by atoms with Crippen molar-refractivity contribution in [3.05, 3.63) is 22.9 Å². The minimum atomic E-state index is 1.04. The van der Waals surface area contributed by atoms with Gasteiger partial charge >= 0.3 is 65.8 Å². The third kappa shape index (κ3) is 1.63. The molecule has 0 aliphatic carbocycles. The van der Waals surface area contributed by atoms with Crippen LogP contribution in [0.1, 0.15) is 0 Å². The number of aromatic nitrogens is 1. The van der Waals surface area contributed by atoms with E-state index in [0.717, 1.165) is 4.47 Å². The van der Waals surface area contributed by atoms with Gasteiger partial charge in [0.15, 0.2) is 0 Å². The van der Waals surface area contributed by atoms with Crippen LogP contribution < -0.4 is 4.24 Å². The topological polar surface area (TPSA) is 12.9 Å². The van der Waals surface area contributed by atoms with Crippen molar-refractivity contribution in [1.29, 1.82) is 0 Å². The molecule has 0 amide bonds. The van der Waals surface area contributed by atoms with Crippen LogP contribution in [0.15, 0.2) is 22.9 Å². The van der Waals surface area contributed by atoms with E-state index >= 15 is 0 Å². The van der Waals surface area contributed by atoms with Crippen molar-refractivity contribution in [3.63, 3.8) is 0 Å². The van der Waals surface area contributed by atoms with Gasteiger partial charge < -0.3 is 0 Å². The Bertz CT molecular complexity index is 172. The molecule has 3 heteroatoms. The van der Waals surface area contributed by atoms with Gasteiger partial charge in [0.25, 0.3) is 0 Å². The Morgan fingerprint density at radius 3 is 2.62 bits per heavy atom. The summed E-state index contributed by atoms with van der Waals surface area (Å²) in [5.41, 5.74) is 0. The maximum atomic E-state index is 3.94. The van der Waals surface area contributed by atoms with Gasteiger partial charge in [-0.2, -0.15) is 0 Å². The first-order chi connectivity index (χ1) is 3.79. The zero-order valence-corrected chi connectivity index (χ0v) is 6.14. The van der Waals surface area contributed by atoms with Crippen LogP contribution in [0.2, 0.25) is 0 Å². The van der Waals surface area contributed by atoms with E-state index in [2.05, 4.69) is 20.9 Å². The molecule has 0 bridgehead atoms. The first-order valence-corrected chi connectivity index (χ1v) is 3.15. The van der Waals surface area contributed by atoms with E-state index in [1.165, 1.54) is 4.24 Å². The molecule has 0 atom stereocenters. The third-order valence-corrected chi connectivity index (χ3v) is 1.28. The van der Waals surface area contributed by atoms with Gasteiger partial charge in [0.2, 0.25) is 0 Å². The Hall–Kier alpha value is 0.227. The molecule has 0 radical (unpaired) electrons. The van der Waals surface area contributed by atoms with Gasteiger partial charge in [-0.1, -0.05) is 0 Å². The Labute approximate surface area is 65.8 Å². The fraction of sp³-hybridized carbons (Fsp3) is 0. The molecule has 1 aromatic rings. The van der Waals surface area contributed by atoms with E-state index < -0.39 is 0 Å². The van der Waals surface area contributed by atoms with Crippen LogP contribution in [0.3, 0.4) is 0 Å². The Morgan fingerprint density at radius 1 is 1.50 bits per heavy atom. The number of rotatable bonds is 0. The molecule has 1 nitrogen and oxygen atoms in total. The molecule has 1 aromatic heterocycles. The van der Waals surface area contributed by atoms with Crippen LogP contribution in [-0.2, 0) is 0 Å². The quantitative estimate of drug-likeness (QED) is 0.512. The van der Waals surface area contributed by atoms with Gasteiger partial charge in [0.05, 0.1) is 0 Å². The van der Waals surface area contributed by atoms with Crippen LogP contribution in [0, 0.1) is 0 Å². The monoisotopic (exact) mass is 163 g/mol. The fourth-order valence-electron chi connectivity index (χ4n) is 0.518. The van der Waals surface area contributed by atoms with Gasteiger partial charge in [-0.25, -0.2) is 0 Å². The Morgan fingerprint density at radius 2 is 2.25 bits per heavy atom. The number of hydrogen-bond acceptors (Lipinski definition) is 1. The molecule has 0 aliphatic heterocycles. The van der Waals surface area contributed by atoms with Gasteiger partial charge in [0.1, 0.15) is 0 Å². The summed E-state index contributed by atoms with van der Waals surface area (Å²) < 4.78 is 2.22. The maximum absolute atomic E-state index is 3.94. The zero-order valence-electron chi connectivity index (χ0n) is 4.56. The molecule has 0 N–H and O–H groups in total. The average molecular weight is 164 g/mol. The van der Waals surface area contributed by atoms with Crippen molar-refractivity contribution in [2.75, 3.05) is 0 Å². The van der Waals surface area contributed by atoms with Gasteiger partial charge in [0, 0.05) is 0 Å². The number of pyridine rings is 1. The van der Waals surface area contributed by atoms with Crippen molar-refractivity contribution in [1.82, 2.24) is 4.98 Å². The molecular formula is C5H3BrLiN. The summed E-state index contributed by atoms with van der Waals surface area (Å²) in [5, 5.41) is 0. The van der Waals surface area contributed by atoms with Gasteiger partial charge in [-0.05, 0) is 0 Å². The van der Waals surface area contributed by atoms with Crippen molar-refractivity contribution < 1.29 is 0 Å². The van der Waals surface area contributed by atoms with Crippen LogP contribution in [0.5, 0.6) is 0 Å². The van der Waals surface area contributed by atoms with E-state index in [1.54, 1.807) is 6.20 Å². The average Bonchev–Trinajstić information content (AvgIpc) is 1.64. The number of halogens is 1. The Balaban J connectivity index is 3.08. The summed E-state index contributed by atoms with van der Waals surface area (Å²) in [6.07, 6.45) is 3.60. The van der Waals surface area contributed by atoms with E-state index in [1.807, 2.05) is 30.0 Å². The second-order valence-corrected chi connectivity index (χ2v) is 2.60. The van der Waals surface area contributed by atoms with Crippen molar-refractivity contribution >= 4 is 37.9 Å². The minimum absolute atomic E-state index is 1.04. The summed E-state index contributed by atoms with van der Waals surface area (Å²) in [6.45, 7) is 0. The van der Waals surface area contributed by atoms with E-state index in [0.29, 0.717) is 0 Å². The molecule has 0 unspecified atom stereocenters. The van der Waals surface area contributed by atoms with Crippen LogP contribution in [0.25, 0.3) is 0 Å². The first-order valence-electron chi connectivity index (χ1n) is 2.36. The Kier molecular flexibility index (Phi) is 2.13. The summed E-state index contributed by atoms with van der Waals surface area (Å²) in [4.78, 5) is 3.94. The van der Waals surface area contributed by atoms with Crippen molar-refractivity contribution in [2.45, 2.75) is 0 Å². The molecule has 36 valence electrons. The van der Waals surface area contributed by atoms with Crippen LogP contribution >= 0.6 is 15.9 Å². The summed E-state index contributed by atoms with van der Waals surface area (Å²) in [6, 6.07) is 2.02. The van der Waals surface area contributed by atoms with E-state index in [9.17, 15) is 0 Å². The summed E-state index contributed by atoms with van der Waals surface area (Å²) in [5.74, 6) is 0. The molecule has 8 heavy (non-hydrogen) atoms. The molecule has 0 saturated heterocycles. The molecule has 0 aromatic carbocycles. The van der Waals surface area contributed by atoms with Crippen LogP contribution in [0.4, 0.5) is 0 Å². The molecule has 0 spiro atoms. The standard InChI is InChI=1S/C5H3BrN.Li/c6-5-2-1-3-7-4-5;/h2-4H;. The SMILES string of the molecule is [Li][c]1cncc(Br)c1. The van der Waals surface area contributed by atoms with Crippen molar-refractivity contribution in [3.8, 4) is 0 Å². The molecule has 0 aliphatic rings. The van der Waals surface area contributed by atoms with Crippen LogP contribution in [-0.4, -0.2) is 22.7 Å². The van der Waals surface area contributed by atoms with E-state index in [-0.39, 0.29) is 0 Å².